The fourth-order valence-corrected chi connectivity index (χ4v) is 2.42. The molecule has 2 heterocycles. The van der Waals surface area contributed by atoms with Crippen molar-refractivity contribution in [3.8, 4) is 0 Å². The summed E-state index contributed by atoms with van der Waals surface area (Å²) in [6.45, 7) is 2.59. The minimum absolute atomic E-state index is 0.00604. The SMILES string of the molecule is Cn1cc(C(=O)N2CC(C)(O)C2)c(C2CC2)n1. The first-order valence-electron chi connectivity index (χ1n) is 6.01. The maximum atomic E-state index is 12.2. The third-order valence-electron chi connectivity index (χ3n) is 3.40. The van der Waals surface area contributed by atoms with Gasteiger partial charge in [-0.25, -0.2) is 0 Å². The van der Waals surface area contributed by atoms with Gasteiger partial charge in [0.1, 0.15) is 0 Å². The molecule has 1 saturated heterocycles. The fraction of sp³-hybridized carbons (Fsp3) is 0.667. The van der Waals surface area contributed by atoms with Crippen LogP contribution in [-0.2, 0) is 7.05 Å². The van der Waals surface area contributed by atoms with E-state index in [1.807, 2.05) is 7.05 Å². The van der Waals surface area contributed by atoms with Crippen LogP contribution in [0.3, 0.4) is 0 Å². The van der Waals surface area contributed by atoms with E-state index in [1.54, 1.807) is 22.7 Å². The Kier molecular flexibility index (Phi) is 2.10. The lowest BCUT2D eigenvalue weighted by Gasteiger charge is -2.44. The van der Waals surface area contributed by atoms with E-state index in [2.05, 4.69) is 5.10 Å². The molecule has 3 rings (SSSR count). The first-order chi connectivity index (χ1) is 7.96. The van der Waals surface area contributed by atoms with E-state index in [4.69, 9.17) is 0 Å². The Morgan fingerprint density at radius 2 is 2.18 bits per heavy atom. The van der Waals surface area contributed by atoms with Gasteiger partial charge >= 0.3 is 0 Å². The molecule has 5 heteroatoms. The highest BCUT2D eigenvalue weighted by atomic mass is 16.3. The van der Waals surface area contributed by atoms with Crippen LogP contribution in [0.5, 0.6) is 0 Å². The zero-order chi connectivity index (χ0) is 12.2. The molecule has 1 aromatic heterocycles. The molecule has 0 spiro atoms. The van der Waals surface area contributed by atoms with Crippen LogP contribution in [0, 0.1) is 0 Å². The number of hydrogen-bond donors (Lipinski definition) is 1. The topological polar surface area (TPSA) is 58.4 Å². The number of aromatic nitrogens is 2. The molecule has 92 valence electrons. The molecule has 0 atom stereocenters. The number of likely N-dealkylation sites (tertiary alicyclic amines) is 1. The Bertz CT molecular complexity index is 466. The molecule has 1 amide bonds. The number of nitrogens with zero attached hydrogens (tertiary/aromatic N) is 3. The van der Waals surface area contributed by atoms with E-state index < -0.39 is 5.60 Å². The molecule has 0 bridgehead atoms. The number of aliphatic hydroxyl groups is 1. The van der Waals surface area contributed by atoms with Crippen LogP contribution in [0.2, 0.25) is 0 Å². The lowest BCUT2D eigenvalue weighted by atomic mass is 9.96. The van der Waals surface area contributed by atoms with E-state index in [9.17, 15) is 9.90 Å². The second-order valence-electron chi connectivity index (χ2n) is 5.53. The van der Waals surface area contributed by atoms with Gasteiger partial charge in [0.25, 0.3) is 5.91 Å². The van der Waals surface area contributed by atoms with Crippen LogP contribution < -0.4 is 0 Å². The zero-order valence-electron chi connectivity index (χ0n) is 10.2. The smallest absolute Gasteiger partial charge is 0.257 e. The van der Waals surface area contributed by atoms with Crippen molar-refractivity contribution in [1.82, 2.24) is 14.7 Å². The van der Waals surface area contributed by atoms with Crippen molar-refractivity contribution in [2.75, 3.05) is 13.1 Å². The van der Waals surface area contributed by atoms with Gasteiger partial charge in [0.05, 0.1) is 29.9 Å². The van der Waals surface area contributed by atoms with Crippen LogP contribution in [0.4, 0.5) is 0 Å². The Balaban J connectivity index is 1.82. The zero-order valence-corrected chi connectivity index (χ0v) is 10.2. The van der Waals surface area contributed by atoms with Crippen LogP contribution in [0.25, 0.3) is 0 Å². The molecular formula is C12H17N3O2. The van der Waals surface area contributed by atoms with Crippen molar-refractivity contribution in [3.63, 3.8) is 0 Å². The normalized spacial score (nSPS) is 22.4. The molecular weight excluding hydrogens is 218 g/mol. The van der Waals surface area contributed by atoms with Crippen LogP contribution in [-0.4, -0.2) is 44.4 Å². The predicted octanol–water partition coefficient (Wildman–Crippen LogP) is 0.504. The number of carbonyl (C=O) groups excluding carboxylic acids is 1. The average molecular weight is 235 g/mol. The molecule has 0 aromatic carbocycles. The summed E-state index contributed by atoms with van der Waals surface area (Å²) in [7, 11) is 1.84. The van der Waals surface area contributed by atoms with Gasteiger partial charge in [-0.3, -0.25) is 9.48 Å². The first kappa shape index (κ1) is 10.8. The molecule has 2 fully saturated rings. The summed E-state index contributed by atoms with van der Waals surface area (Å²) >= 11 is 0. The number of rotatable bonds is 2. The number of aryl methyl sites for hydroxylation is 1. The van der Waals surface area contributed by atoms with Crippen molar-refractivity contribution < 1.29 is 9.90 Å². The summed E-state index contributed by atoms with van der Waals surface area (Å²) in [5.41, 5.74) is 0.937. The molecule has 5 nitrogen and oxygen atoms in total. The minimum Gasteiger partial charge on any atom is -0.386 e. The van der Waals surface area contributed by atoms with E-state index >= 15 is 0 Å². The number of β-amino-alcohol motifs (C(OH)–C–C–N with tert-alkyl or cyclic N) is 1. The van der Waals surface area contributed by atoms with Gasteiger partial charge in [-0.1, -0.05) is 0 Å². The third-order valence-corrected chi connectivity index (χ3v) is 3.40. The van der Waals surface area contributed by atoms with Crippen molar-refractivity contribution >= 4 is 5.91 Å². The molecule has 1 N–H and O–H groups in total. The van der Waals surface area contributed by atoms with Crippen molar-refractivity contribution in [3.05, 3.63) is 17.5 Å². The highest BCUT2D eigenvalue weighted by Crippen LogP contribution is 2.41. The monoisotopic (exact) mass is 235 g/mol. The second kappa shape index (κ2) is 3.32. The van der Waals surface area contributed by atoms with Gasteiger partial charge < -0.3 is 10.0 Å². The summed E-state index contributed by atoms with van der Waals surface area (Å²) in [5, 5.41) is 14.0. The summed E-state index contributed by atoms with van der Waals surface area (Å²) in [6, 6.07) is 0. The van der Waals surface area contributed by atoms with E-state index in [1.165, 1.54) is 0 Å². The van der Waals surface area contributed by atoms with Crippen LogP contribution >= 0.6 is 0 Å². The molecule has 0 unspecified atom stereocenters. The fourth-order valence-electron chi connectivity index (χ4n) is 2.42. The Labute approximate surface area is 100 Å². The van der Waals surface area contributed by atoms with Crippen molar-refractivity contribution in [2.24, 2.45) is 7.05 Å². The molecule has 0 radical (unpaired) electrons. The highest BCUT2D eigenvalue weighted by molar-refractivity contribution is 5.96. The quantitative estimate of drug-likeness (QED) is 0.812. The van der Waals surface area contributed by atoms with Crippen LogP contribution in [0.1, 0.15) is 41.7 Å². The summed E-state index contributed by atoms with van der Waals surface area (Å²) in [6.07, 6.45) is 4.06. The first-order valence-corrected chi connectivity index (χ1v) is 6.01. The van der Waals surface area contributed by atoms with E-state index in [0.717, 1.165) is 18.5 Å². The van der Waals surface area contributed by atoms with E-state index in [-0.39, 0.29) is 5.91 Å². The average Bonchev–Trinajstić information content (AvgIpc) is 2.97. The molecule has 1 saturated carbocycles. The maximum Gasteiger partial charge on any atom is 0.257 e. The van der Waals surface area contributed by atoms with Gasteiger partial charge in [-0.05, 0) is 19.8 Å². The maximum absolute atomic E-state index is 12.2. The Hall–Kier alpha value is -1.36. The Morgan fingerprint density at radius 1 is 1.53 bits per heavy atom. The summed E-state index contributed by atoms with van der Waals surface area (Å²) in [5.74, 6) is 0.475. The van der Waals surface area contributed by atoms with Gasteiger partial charge in [-0.15, -0.1) is 0 Å². The molecule has 1 aliphatic carbocycles. The molecule has 17 heavy (non-hydrogen) atoms. The highest BCUT2D eigenvalue weighted by Gasteiger charge is 2.41. The van der Waals surface area contributed by atoms with Gasteiger partial charge in [0.2, 0.25) is 0 Å². The predicted molar refractivity (Wildman–Crippen MR) is 61.7 cm³/mol. The van der Waals surface area contributed by atoms with Crippen LogP contribution in [0.15, 0.2) is 6.20 Å². The number of amides is 1. The Morgan fingerprint density at radius 3 is 2.71 bits per heavy atom. The number of hydrogen-bond acceptors (Lipinski definition) is 3. The van der Waals surface area contributed by atoms with Crippen molar-refractivity contribution in [1.29, 1.82) is 0 Å². The van der Waals surface area contributed by atoms with Gasteiger partial charge in [0.15, 0.2) is 0 Å². The minimum atomic E-state index is -0.711. The van der Waals surface area contributed by atoms with Gasteiger partial charge in [0, 0.05) is 19.2 Å². The summed E-state index contributed by atoms with van der Waals surface area (Å²) in [4.78, 5) is 13.9. The van der Waals surface area contributed by atoms with Crippen molar-refractivity contribution in [2.45, 2.75) is 31.3 Å². The largest absolute Gasteiger partial charge is 0.386 e. The van der Waals surface area contributed by atoms with E-state index in [0.29, 0.717) is 24.6 Å². The standard InChI is InChI=1S/C12H17N3O2/c1-12(17)6-15(7-12)11(16)9-5-14(2)13-10(9)8-3-4-8/h5,8,17H,3-4,6-7H2,1-2H3. The second-order valence-corrected chi connectivity index (χ2v) is 5.53. The summed E-state index contributed by atoms with van der Waals surface area (Å²) < 4.78 is 1.71. The molecule has 1 aromatic rings. The molecule has 1 aliphatic heterocycles. The lowest BCUT2D eigenvalue weighted by Crippen LogP contribution is -2.61. The lowest BCUT2D eigenvalue weighted by molar-refractivity contribution is -0.0669. The van der Waals surface area contributed by atoms with Gasteiger partial charge in [-0.2, -0.15) is 5.10 Å². The molecule has 2 aliphatic rings. The third kappa shape index (κ3) is 1.84. The number of carbonyl (C=O) groups is 1.